The molecule has 1 N–H and O–H groups in total. The van der Waals surface area contributed by atoms with Crippen LogP contribution in [0.2, 0.25) is 0 Å². The van der Waals surface area contributed by atoms with Gasteiger partial charge in [-0.05, 0) is 23.3 Å². The SMILES string of the molecule is c1ccc([C@H]2C3=C(Nc4ncnn42)c2ccccc2O[C@@H]3c2ccccc2)cc1. The number of para-hydroxylation sites is 1. The first-order chi connectivity index (χ1) is 14.4. The Balaban J connectivity index is 1.65. The molecular formula is C24H18N4O. The van der Waals surface area contributed by atoms with Gasteiger partial charge in [0.15, 0.2) is 0 Å². The Kier molecular flexibility index (Phi) is 3.53. The zero-order valence-corrected chi connectivity index (χ0v) is 15.6. The van der Waals surface area contributed by atoms with E-state index in [0.29, 0.717) is 0 Å². The van der Waals surface area contributed by atoms with Crippen LogP contribution in [0.5, 0.6) is 5.75 Å². The molecule has 1 aromatic heterocycles. The molecule has 2 aliphatic heterocycles. The van der Waals surface area contributed by atoms with Crippen molar-refractivity contribution < 1.29 is 4.74 Å². The molecule has 0 amide bonds. The van der Waals surface area contributed by atoms with Gasteiger partial charge in [0, 0.05) is 11.1 Å². The topological polar surface area (TPSA) is 52.0 Å². The predicted octanol–water partition coefficient (Wildman–Crippen LogP) is 4.84. The van der Waals surface area contributed by atoms with E-state index in [4.69, 9.17) is 4.74 Å². The van der Waals surface area contributed by atoms with Crippen LogP contribution in [-0.4, -0.2) is 14.8 Å². The van der Waals surface area contributed by atoms with Gasteiger partial charge in [-0.1, -0.05) is 72.8 Å². The molecular weight excluding hydrogens is 360 g/mol. The second-order valence-electron chi connectivity index (χ2n) is 7.20. The molecule has 5 heteroatoms. The maximum atomic E-state index is 6.57. The van der Waals surface area contributed by atoms with Gasteiger partial charge >= 0.3 is 0 Å². The third kappa shape index (κ3) is 2.48. The van der Waals surface area contributed by atoms with Crippen molar-refractivity contribution in [3.63, 3.8) is 0 Å². The van der Waals surface area contributed by atoms with Gasteiger partial charge in [-0.25, -0.2) is 4.68 Å². The Hall–Kier alpha value is -3.86. The predicted molar refractivity (Wildman–Crippen MR) is 111 cm³/mol. The van der Waals surface area contributed by atoms with Crippen molar-refractivity contribution in [1.29, 1.82) is 0 Å². The zero-order chi connectivity index (χ0) is 19.2. The molecule has 0 fully saturated rings. The molecule has 3 aromatic carbocycles. The van der Waals surface area contributed by atoms with Crippen LogP contribution >= 0.6 is 0 Å². The zero-order valence-electron chi connectivity index (χ0n) is 15.6. The lowest BCUT2D eigenvalue weighted by Crippen LogP contribution is -2.32. The third-order valence-electron chi connectivity index (χ3n) is 5.54. The number of fused-ring (bicyclic) bond motifs is 3. The summed E-state index contributed by atoms with van der Waals surface area (Å²) in [5, 5.41) is 8.07. The summed E-state index contributed by atoms with van der Waals surface area (Å²) >= 11 is 0. The summed E-state index contributed by atoms with van der Waals surface area (Å²) in [4.78, 5) is 4.46. The Labute approximate surface area is 168 Å². The quantitative estimate of drug-likeness (QED) is 0.542. The van der Waals surface area contributed by atoms with Gasteiger partial charge in [-0.2, -0.15) is 10.1 Å². The van der Waals surface area contributed by atoms with Crippen LogP contribution in [0.25, 0.3) is 5.70 Å². The highest BCUT2D eigenvalue weighted by atomic mass is 16.5. The van der Waals surface area contributed by atoms with E-state index < -0.39 is 0 Å². The van der Waals surface area contributed by atoms with Crippen LogP contribution in [0.1, 0.15) is 28.8 Å². The number of benzene rings is 3. The van der Waals surface area contributed by atoms with Crippen LogP contribution in [-0.2, 0) is 0 Å². The number of nitrogens with zero attached hydrogens (tertiary/aromatic N) is 3. The summed E-state index contributed by atoms with van der Waals surface area (Å²) in [6.07, 6.45) is 1.37. The van der Waals surface area contributed by atoms with Crippen molar-refractivity contribution >= 4 is 11.6 Å². The highest BCUT2D eigenvalue weighted by Crippen LogP contribution is 2.50. The van der Waals surface area contributed by atoms with E-state index in [-0.39, 0.29) is 12.1 Å². The molecule has 140 valence electrons. The molecule has 0 saturated carbocycles. The van der Waals surface area contributed by atoms with Crippen LogP contribution in [0.3, 0.4) is 0 Å². The van der Waals surface area contributed by atoms with Gasteiger partial charge in [0.05, 0.1) is 5.70 Å². The van der Waals surface area contributed by atoms with E-state index in [1.165, 1.54) is 0 Å². The van der Waals surface area contributed by atoms with E-state index in [9.17, 15) is 0 Å². The maximum absolute atomic E-state index is 6.57. The fraction of sp³-hybridized carbons (Fsp3) is 0.0833. The van der Waals surface area contributed by atoms with Crippen LogP contribution < -0.4 is 10.1 Å². The van der Waals surface area contributed by atoms with Crippen molar-refractivity contribution in [1.82, 2.24) is 14.8 Å². The van der Waals surface area contributed by atoms with Gasteiger partial charge < -0.3 is 10.1 Å². The number of ether oxygens (including phenoxy) is 1. The van der Waals surface area contributed by atoms with E-state index in [2.05, 4.69) is 57.9 Å². The minimum absolute atomic E-state index is 0.108. The largest absolute Gasteiger partial charge is 0.480 e. The lowest BCUT2D eigenvalue weighted by molar-refractivity contribution is 0.223. The molecule has 3 heterocycles. The van der Waals surface area contributed by atoms with Crippen molar-refractivity contribution in [2.75, 3.05) is 5.32 Å². The Bertz CT molecular complexity index is 1210. The number of nitrogens with one attached hydrogen (secondary N) is 1. The highest BCUT2D eigenvalue weighted by Gasteiger charge is 2.40. The summed E-state index contributed by atoms with van der Waals surface area (Å²) in [7, 11) is 0. The fourth-order valence-corrected chi connectivity index (χ4v) is 4.28. The van der Waals surface area contributed by atoms with Crippen LogP contribution in [0.4, 0.5) is 5.95 Å². The summed E-state index contributed by atoms with van der Waals surface area (Å²) in [6, 6.07) is 28.8. The average molecular weight is 378 g/mol. The number of hydrogen-bond acceptors (Lipinski definition) is 4. The molecule has 0 saturated heterocycles. The Morgan fingerprint density at radius 1 is 0.793 bits per heavy atom. The highest BCUT2D eigenvalue weighted by molar-refractivity contribution is 5.85. The Morgan fingerprint density at radius 2 is 1.48 bits per heavy atom. The molecule has 0 aliphatic carbocycles. The van der Waals surface area contributed by atoms with Crippen LogP contribution in [0, 0.1) is 0 Å². The second-order valence-corrected chi connectivity index (χ2v) is 7.20. The summed E-state index contributed by atoms with van der Waals surface area (Å²) < 4.78 is 8.52. The normalized spacial score (nSPS) is 19.4. The molecule has 4 aromatic rings. The van der Waals surface area contributed by atoms with Gasteiger partial charge in [0.1, 0.15) is 24.2 Å². The summed E-state index contributed by atoms with van der Waals surface area (Å²) in [5.41, 5.74) is 5.50. The molecule has 0 unspecified atom stereocenters. The van der Waals surface area contributed by atoms with Gasteiger partial charge in [-0.3, -0.25) is 0 Å². The minimum Gasteiger partial charge on any atom is -0.480 e. The summed E-state index contributed by atoms with van der Waals surface area (Å²) in [6.45, 7) is 0. The first kappa shape index (κ1) is 16.1. The van der Waals surface area contributed by atoms with Crippen molar-refractivity contribution in [2.45, 2.75) is 12.1 Å². The van der Waals surface area contributed by atoms with Gasteiger partial charge in [0.25, 0.3) is 0 Å². The van der Waals surface area contributed by atoms with E-state index in [1.807, 2.05) is 47.1 Å². The first-order valence-corrected chi connectivity index (χ1v) is 9.67. The van der Waals surface area contributed by atoms with Crippen LogP contribution in [0.15, 0.2) is 96.8 Å². The standard InChI is InChI=1S/C24H18N4O/c1-3-9-16(10-4-1)22-20-21(27-24-25-15-26-28(22)24)18-13-7-8-14-19(18)29-23(20)17-11-5-2-6-12-17/h1-15,22-23H,(H,25,26,27)/t22-,23+/m0/s1. The fourth-order valence-electron chi connectivity index (χ4n) is 4.28. The third-order valence-corrected chi connectivity index (χ3v) is 5.54. The lowest BCUT2D eigenvalue weighted by atomic mass is 9.85. The first-order valence-electron chi connectivity index (χ1n) is 9.67. The minimum atomic E-state index is -0.226. The number of rotatable bonds is 2. The second kappa shape index (κ2) is 6.34. The number of anilines is 1. The molecule has 6 rings (SSSR count). The van der Waals surface area contributed by atoms with Crippen molar-refractivity contribution in [2.24, 2.45) is 0 Å². The van der Waals surface area contributed by atoms with Crippen molar-refractivity contribution in [3.05, 3.63) is 114 Å². The van der Waals surface area contributed by atoms with Crippen molar-refractivity contribution in [3.8, 4) is 5.75 Å². The molecule has 2 aliphatic rings. The molecule has 0 spiro atoms. The number of aromatic nitrogens is 3. The lowest BCUT2D eigenvalue weighted by Gasteiger charge is -2.38. The number of hydrogen-bond donors (Lipinski definition) is 1. The molecule has 29 heavy (non-hydrogen) atoms. The molecule has 0 bridgehead atoms. The van der Waals surface area contributed by atoms with E-state index >= 15 is 0 Å². The average Bonchev–Trinajstić information content (AvgIpc) is 3.26. The Morgan fingerprint density at radius 3 is 2.28 bits per heavy atom. The van der Waals surface area contributed by atoms with E-state index in [0.717, 1.165) is 39.7 Å². The molecule has 5 nitrogen and oxygen atoms in total. The summed E-state index contributed by atoms with van der Waals surface area (Å²) in [5.74, 6) is 1.61. The maximum Gasteiger partial charge on any atom is 0.226 e. The monoisotopic (exact) mass is 378 g/mol. The molecule has 2 atom stereocenters. The van der Waals surface area contributed by atoms with E-state index in [1.54, 1.807) is 6.33 Å². The smallest absolute Gasteiger partial charge is 0.226 e. The van der Waals surface area contributed by atoms with Gasteiger partial charge in [0.2, 0.25) is 5.95 Å². The molecule has 0 radical (unpaired) electrons. The van der Waals surface area contributed by atoms with Gasteiger partial charge in [-0.15, -0.1) is 0 Å².